The Kier molecular flexibility index (Phi) is 4.70. The van der Waals surface area contributed by atoms with Gasteiger partial charge in [-0.05, 0) is 43.4 Å². The molecule has 3 nitrogen and oxygen atoms in total. The molecule has 0 saturated heterocycles. The molecule has 0 aliphatic heterocycles. The van der Waals surface area contributed by atoms with Gasteiger partial charge >= 0.3 is 0 Å². The van der Waals surface area contributed by atoms with Gasteiger partial charge in [0, 0.05) is 19.8 Å². The molecule has 0 radical (unpaired) electrons. The van der Waals surface area contributed by atoms with Crippen molar-refractivity contribution in [1.29, 1.82) is 0 Å². The Balaban J connectivity index is 2.39. The number of hydrogen-bond donors (Lipinski definition) is 3. The van der Waals surface area contributed by atoms with E-state index in [0.717, 1.165) is 25.7 Å². The molecule has 3 heteroatoms. The molecule has 0 aromatic rings. The van der Waals surface area contributed by atoms with E-state index in [2.05, 4.69) is 0 Å². The van der Waals surface area contributed by atoms with Crippen LogP contribution in [0.3, 0.4) is 0 Å². The lowest BCUT2D eigenvalue weighted by atomic mass is 9.74. The smallest absolute Gasteiger partial charge is 0.0459 e. The summed E-state index contributed by atoms with van der Waals surface area (Å²) in [6.07, 6.45) is 3.77. The number of hydrogen-bond acceptors (Lipinski definition) is 3. The fourth-order valence-electron chi connectivity index (χ4n) is 2.42. The number of rotatable bonds is 4. The summed E-state index contributed by atoms with van der Waals surface area (Å²) < 4.78 is 0. The monoisotopic (exact) mass is 188 g/mol. The van der Waals surface area contributed by atoms with Gasteiger partial charge in [0.1, 0.15) is 0 Å². The summed E-state index contributed by atoms with van der Waals surface area (Å²) in [6, 6.07) is 0. The Hall–Kier alpha value is -0.120. The molecule has 13 heavy (non-hydrogen) atoms. The molecule has 0 aromatic heterocycles. The lowest BCUT2D eigenvalue weighted by molar-refractivity contribution is 0.0799. The molecule has 1 saturated carbocycles. The van der Waals surface area contributed by atoms with Crippen molar-refractivity contribution in [3.05, 3.63) is 0 Å². The molecular formula is C10H20O3. The summed E-state index contributed by atoms with van der Waals surface area (Å²) in [5, 5.41) is 26.9. The molecule has 1 aliphatic carbocycles. The molecule has 0 spiro atoms. The standard InChI is InChI=1S/C10H20O3/c11-2-1-8-3-9(6-12)5-10(4-8)7-13/h8-13H,1-7H2/t8?,9-,10+. The van der Waals surface area contributed by atoms with E-state index in [1.54, 1.807) is 0 Å². The fraction of sp³-hybridized carbons (Fsp3) is 1.00. The topological polar surface area (TPSA) is 60.7 Å². The van der Waals surface area contributed by atoms with Crippen LogP contribution in [0.5, 0.6) is 0 Å². The first-order valence-electron chi connectivity index (χ1n) is 5.12. The summed E-state index contributed by atoms with van der Waals surface area (Å²) in [5.41, 5.74) is 0. The molecule has 1 aliphatic rings. The molecule has 78 valence electrons. The van der Waals surface area contributed by atoms with Crippen LogP contribution < -0.4 is 0 Å². The van der Waals surface area contributed by atoms with Crippen molar-refractivity contribution in [2.24, 2.45) is 17.8 Å². The van der Waals surface area contributed by atoms with Gasteiger partial charge < -0.3 is 15.3 Å². The van der Waals surface area contributed by atoms with Gasteiger partial charge in [0.25, 0.3) is 0 Å². The predicted octanol–water partition coefficient (Wildman–Crippen LogP) is 0.386. The quantitative estimate of drug-likeness (QED) is 0.598. The minimum absolute atomic E-state index is 0.221. The molecule has 0 amide bonds. The van der Waals surface area contributed by atoms with Crippen LogP contribution in [0.4, 0.5) is 0 Å². The zero-order chi connectivity index (χ0) is 9.68. The Morgan fingerprint density at radius 2 is 1.23 bits per heavy atom. The van der Waals surface area contributed by atoms with Crippen molar-refractivity contribution in [2.45, 2.75) is 25.7 Å². The van der Waals surface area contributed by atoms with Crippen LogP contribution in [0.15, 0.2) is 0 Å². The maximum atomic E-state index is 9.05. The zero-order valence-corrected chi connectivity index (χ0v) is 8.02. The van der Waals surface area contributed by atoms with E-state index in [9.17, 15) is 0 Å². The summed E-state index contributed by atoms with van der Waals surface area (Å²) >= 11 is 0. The van der Waals surface area contributed by atoms with E-state index < -0.39 is 0 Å². The van der Waals surface area contributed by atoms with Gasteiger partial charge in [-0.15, -0.1) is 0 Å². The van der Waals surface area contributed by atoms with Crippen LogP contribution in [0.2, 0.25) is 0 Å². The molecule has 1 fully saturated rings. The van der Waals surface area contributed by atoms with E-state index in [1.165, 1.54) is 0 Å². The molecule has 3 atom stereocenters. The van der Waals surface area contributed by atoms with Gasteiger partial charge in [0.05, 0.1) is 0 Å². The molecule has 0 bridgehead atoms. The highest BCUT2D eigenvalue weighted by Crippen LogP contribution is 2.34. The summed E-state index contributed by atoms with van der Waals surface area (Å²) in [5.74, 6) is 1.16. The molecule has 1 rings (SSSR count). The van der Waals surface area contributed by atoms with Crippen molar-refractivity contribution in [1.82, 2.24) is 0 Å². The van der Waals surface area contributed by atoms with E-state index in [-0.39, 0.29) is 19.8 Å². The highest BCUT2D eigenvalue weighted by atomic mass is 16.3. The highest BCUT2D eigenvalue weighted by Gasteiger charge is 2.27. The van der Waals surface area contributed by atoms with Crippen molar-refractivity contribution < 1.29 is 15.3 Å². The Bertz CT molecular complexity index is 126. The maximum Gasteiger partial charge on any atom is 0.0459 e. The van der Waals surface area contributed by atoms with E-state index in [4.69, 9.17) is 15.3 Å². The van der Waals surface area contributed by atoms with Crippen LogP contribution in [0.25, 0.3) is 0 Å². The molecule has 0 aromatic carbocycles. The lowest BCUT2D eigenvalue weighted by Crippen LogP contribution is -2.27. The predicted molar refractivity (Wildman–Crippen MR) is 50.2 cm³/mol. The number of aliphatic hydroxyl groups excluding tert-OH is 3. The fourth-order valence-corrected chi connectivity index (χ4v) is 2.42. The van der Waals surface area contributed by atoms with Gasteiger partial charge in [0.2, 0.25) is 0 Å². The Labute approximate surface area is 79.4 Å². The first-order chi connectivity index (χ1) is 6.30. The second-order valence-electron chi connectivity index (χ2n) is 4.18. The first-order valence-corrected chi connectivity index (χ1v) is 5.12. The largest absolute Gasteiger partial charge is 0.396 e. The van der Waals surface area contributed by atoms with Gasteiger partial charge in [-0.25, -0.2) is 0 Å². The SMILES string of the molecule is OCCC1C[C@@H](CO)C[C@@H](CO)C1. The second-order valence-corrected chi connectivity index (χ2v) is 4.18. The highest BCUT2D eigenvalue weighted by molar-refractivity contribution is 4.78. The minimum atomic E-state index is 0.221. The van der Waals surface area contributed by atoms with Crippen LogP contribution in [0.1, 0.15) is 25.7 Å². The third kappa shape index (κ3) is 3.25. The van der Waals surface area contributed by atoms with Crippen LogP contribution in [-0.2, 0) is 0 Å². The normalized spacial score (nSPS) is 34.8. The zero-order valence-electron chi connectivity index (χ0n) is 8.02. The van der Waals surface area contributed by atoms with Crippen LogP contribution in [0, 0.1) is 17.8 Å². The van der Waals surface area contributed by atoms with Crippen molar-refractivity contribution in [3.8, 4) is 0 Å². The van der Waals surface area contributed by atoms with Gasteiger partial charge in [-0.2, -0.15) is 0 Å². The average Bonchev–Trinajstić information content (AvgIpc) is 2.17. The maximum absolute atomic E-state index is 9.05. The molecular weight excluding hydrogens is 168 g/mol. The molecule has 0 heterocycles. The van der Waals surface area contributed by atoms with Gasteiger partial charge in [0.15, 0.2) is 0 Å². The van der Waals surface area contributed by atoms with Gasteiger partial charge in [-0.1, -0.05) is 0 Å². The number of aliphatic hydroxyl groups is 3. The molecule has 3 N–H and O–H groups in total. The van der Waals surface area contributed by atoms with E-state index in [0.29, 0.717) is 17.8 Å². The van der Waals surface area contributed by atoms with Crippen LogP contribution in [-0.4, -0.2) is 35.1 Å². The second kappa shape index (κ2) is 5.58. The van der Waals surface area contributed by atoms with Crippen molar-refractivity contribution in [2.75, 3.05) is 19.8 Å². The van der Waals surface area contributed by atoms with Gasteiger partial charge in [-0.3, -0.25) is 0 Å². The lowest BCUT2D eigenvalue weighted by Gasteiger charge is -2.33. The van der Waals surface area contributed by atoms with E-state index in [1.807, 2.05) is 0 Å². The first kappa shape index (κ1) is 11.0. The van der Waals surface area contributed by atoms with Crippen LogP contribution >= 0.6 is 0 Å². The summed E-state index contributed by atoms with van der Waals surface area (Å²) in [4.78, 5) is 0. The molecule has 1 unspecified atom stereocenters. The van der Waals surface area contributed by atoms with Crippen molar-refractivity contribution >= 4 is 0 Å². The average molecular weight is 188 g/mol. The Morgan fingerprint density at radius 3 is 1.62 bits per heavy atom. The third-order valence-corrected chi connectivity index (χ3v) is 3.05. The van der Waals surface area contributed by atoms with Crippen molar-refractivity contribution in [3.63, 3.8) is 0 Å². The summed E-state index contributed by atoms with van der Waals surface area (Å²) in [6.45, 7) is 0.665. The Morgan fingerprint density at radius 1 is 0.769 bits per heavy atom. The summed E-state index contributed by atoms with van der Waals surface area (Å²) in [7, 11) is 0. The van der Waals surface area contributed by atoms with E-state index >= 15 is 0 Å². The minimum Gasteiger partial charge on any atom is -0.396 e. The third-order valence-electron chi connectivity index (χ3n) is 3.05.